The number of piperidine rings is 3. The van der Waals surface area contributed by atoms with Crippen molar-refractivity contribution >= 4 is 91.5 Å². The van der Waals surface area contributed by atoms with Crippen LogP contribution < -0.4 is 35.8 Å². The fraction of sp³-hybridized carbons (Fsp3) is 0.462. The van der Waals surface area contributed by atoms with Gasteiger partial charge in [-0.25, -0.2) is 13.8 Å². The van der Waals surface area contributed by atoms with Crippen LogP contribution in [0.3, 0.4) is 0 Å². The molecule has 15 nitrogen and oxygen atoms in total. The van der Waals surface area contributed by atoms with Crippen LogP contribution in [0.1, 0.15) is 81.0 Å². The fourth-order valence-electron chi connectivity index (χ4n) is 11.0. The monoisotopic (exact) mass is 1050 g/mol. The number of pyridine rings is 1. The second-order valence-corrected chi connectivity index (χ2v) is 23.6. The summed E-state index contributed by atoms with van der Waals surface area (Å²) < 4.78 is 51.4. The number of halogens is 3. The molecule has 3 aromatic carbocycles. The average molecular weight is 1060 g/mol. The third-order valence-corrected chi connectivity index (χ3v) is 16.7. The number of carbonyl (C=O) groups excluding carboxylic acids is 3. The first-order valence-electron chi connectivity index (χ1n) is 24.6. The molecule has 2 aromatic heterocycles. The van der Waals surface area contributed by atoms with Gasteiger partial charge in [0.15, 0.2) is 0 Å². The molecule has 4 aliphatic heterocycles. The molecule has 4 aliphatic rings. The Morgan fingerprint density at radius 3 is 2.32 bits per heavy atom. The number of methoxy groups -OCH3 is 1. The highest BCUT2D eigenvalue weighted by Crippen LogP contribution is 2.43. The number of aromatic nitrogens is 3. The van der Waals surface area contributed by atoms with Crippen molar-refractivity contribution in [3.8, 4) is 5.75 Å². The number of ether oxygens (including phenoxy) is 1. The maximum Gasteiger partial charge on any atom is 0.236 e. The van der Waals surface area contributed by atoms with Crippen LogP contribution in [0.5, 0.6) is 5.75 Å². The van der Waals surface area contributed by atoms with Gasteiger partial charge in [-0.2, -0.15) is 4.98 Å². The van der Waals surface area contributed by atoms with Crippen molar-refractivity contribution in [2.75, 3.05) is 86.7 Å². The molecule has 1 unspecified atom stereocenters. The van der Waals surface area contributed by atoms with Crippen LogP contribution in [0.15, 0.2) is 59.2 Å². The van der Waals surface area contributed by atoms with E-state index in [1.165, 1.54) is 12.1 Å². The molecule has 5 aromatic rings. The molecule has 376 valence electrons. The van der Waals surface area contributed by atoms with Gasteiger partial charge in [0, 0.05) is 116 Å². The molecule has 71 heavy (non-hydrogen) atoms. The first kappa shape index (κ1) is 50.2. The van der Waals surface area contributed by atoms with E-state index in [0.717, 1.165) is 91.7 Å². The number of amides is 3. The molecule has 0 aliphatic carbocycles. The van der Waals surface area contributed by atoms with E-state index >= 15 is 8.78 Å². The zero-order chi connectivity index (χ0) is 50.1. The Kier molecular flexibility index (Phi) is 15.0. The van der Waals surface area contributed by atoms with Gasteiger partial charge in [0.25, 0.3) is 0 Å². The minimum Gasteiger partial charge on any atom is -0.494 e. The summed E-state index contributed by atoms with van der Waals surface area (Å²) in [4.78, 5) is 60.4. The average Bonchev–Trinajstić information content (AvgIpc) is 3.33. The van der Waals surface area contributed by atoms with E-state index in [4.69, 9.17) is 9.72 Å². The van der Waals surface area contributed by atoms with Crippen molar-refractivity contribution in [1.82, 2.24) is 30.1 Å². The Balaban J connectivity index is 0.805. The van der Waals surface area contributed by atoms with Gasteiger partial charge >= 0.3 is 0 Å². The number of nitrogens with zero attached hydrogens (tertiary/aromatic N) is 7. The predicted molar refractivity (Wildman–Crippen MR) is 279 cm³/mol. The smallest absolute Gasteiger partial charge is 0.236 e. The van der Waals surface area contributed by atoms with Gasteiger partial charge in [-0.05, 0) is 123 Å². The number of hydrogen-bond donors (Lipinski definition) is 3. The summed E-state index contributed by atoms with van der Waals surface area (Å²) in [5.41, 5.74) is 5.58. The van der Waals surface area contributed by atoms with Crippen LogP contribution in [0.25, 0.3) is 10.9 Å². The number of carbonyl (C=O) groups is 3. The topological polar surface area (TPSA) is 165 Å². The molecule has 19 heteroatoms. The summed E-state index contributed by atoms with van der Waals surface area (Å²) in [6.45, 7) is 12.2. The van der Waals surface area contributed by atoms with E-state index in [2.05, 4.69) is 75.6 Å². The molecule has 4 saturated heterocycles. The van der Waals surface area contributed by atoms with Crippen molar-refractivity contribution in [2.45, 2.75) is 89.6 Å². The van der Waals surface area contributed by atoms with Gasteiger partial charge in [-0.15, -0.1) is 0 Å². The highest BCUT2D eigenvalue weighted by molar-refractivity contribution is 9.10. The third kappa shape index (κ3) is 11.0. The van der Waals surface area contributed by atoms with Crippen LogP contribution in [0.4, 0.5) is 43.3 Å². The second-order valence-electron chi connectivity index (χ2n) is 19.6. The lowest BCUT2D eigenvalue weighted by molar-refractivity contribution is -0.137. The first-order valence-corrected chi connectivity index (χ1v) is 28.0. The number of aryl methyl sites for hydroxylation is 2. The van der Waals surface area contributed by atoms with Crippen molar-refractivity contribution in [1.29, 1.82) is 0 Å². The maximum absolute atomic E-state index is 15.5. The number of imide groups is 1. The number of hydrogen-bond acceptors (Lipinski definition) is 13. The van der Waals surface area contributed by atoms with Crippen LogP contribution in [-0.4, -0.2) is 121 Å². The lowest BCUT2D eigenvalue weighted by Gasteiger charge is -2.44. The number of nitrogens with one attached hydrogen (secondary N) is 3. The Hall–Kier alpha value is -5.71. The molecule has 9 rings (SSSR count). The van der Waals surface area contributed by atoms with E-state index in [9.17, 15) is 18.9 Å². The third-order valence-electron chi connectivity index (χ3n) is 14.5. The summed E-state index contributed by atoms with van der Waals surface area (Å²) in [7, 11) is -1.10. The molecular formula is C52H62BrF2N10O5P. The Morgan fingerprint density at radius 2 is 1.63 bits per heavy atom. The Morgan fingerprint density at radius 1 is 0.887 bits per heavy atom. The number of rotatable bonds is 14. The highest BCUT2D eigenvalue weighted by atomic mass is 79.9. The lowest BCUT2D eigenvalue weighted by atomic mass is 9.88. The minimum atomic E-state index is -2.75. The number of piperazine rings is 1. The lowest BCUT2D eigenvalue weighted by Crippen LogP contribution is -2.56. The van der Waals surface area contributed by atoms with Crippen molar-refractivity contribution in [3.63, 3.8) is 0 Å². The zero-order valence-electron chi connectivity index (χ0n) is 41.0. The summed E-state index contributed by atoms with van der Waals surface area (Å²) in [5, 5.41) is 10.6. The van der Waals surface area contributed by atoms with E-state index in [1.807, 2.05) is 36.1 Å². The normalized spacial score (nSPS) is 18.8. The highest BCUT2D eigenvalue weighted by Gasteiger charge is 2.35. The number of anilines is 6. The molecule has 0 radical (unpaired) electrons. The van der Waals surface area contributed by atoms with E-state index in [0.29, 0.717) is 71.3 Å². The summed E-state index contributed by atoms with van der Waals surface area (Å²) >= 11 is 3.61. The fourth-order valence-corrected chi connectivity index (χ4v) is 12.8. The SMILES string of the molecule is CCc1cc(Nc2ncc(Br)c(Nc3ccc4nc(C)ccc4c3P(C)(C)=O)n2)c(OC)cc1N1CCC(N2CCN(CCC3CCCCN3c3cc(F)c(C4CC(=O)NC(=O)C4)c(F)c3)C(=O)C2)CC1. The number of benzene rings is 3. The maximum atomic E-state index is 15.5. The van der Waals surface area contributed by atoms with E-state index < -0.39 is 36.5 Å². The van der Waals surface area contributed by atoms with Gasteiger partial charge in [0.2, 0.25) is 23.7 Å². The van der Waals surface area contributed by atoms with Gasteiger partial charge in [0.05, 0.1) is 35.0 Å². The number of fused-ring (bicyclic) bond motifs is 1. The summed E-state index contributed by atoms with van der Waals surface area (Å²) in [5.74, 6) is -1.75. The molecule has 0 bridgehead atoms. The second kappa shape index (κ2) is 21.2. The van der Waals surface area contributed by atoms with Gasteiger partial charge < -0.3 is 34.6 Å². The van der Waals surface area contributed by atoms with E-state index in [1.54, 1.807) is 26.6 Å². The molecule has 1 atom stereocenters. The van der Waals surface area contributed by atoms with Crippen molar-refractivity contribution < 1.29 is 32.5 Å². The molecule has 3 N–H and O–H groups in total. The Bertz CT molecular complexity index is 2880. The zero-order valence-corrected chi connectivity index (χ0v) is 43.5. The van der Waals surface area contributed by atoms with Crippen LogP contribution >= 0.6 is 23.1 Å². The van der Waals surface area contributed by atoms with Gasteiger partial charge in [0.1, 0.15) is 30.3 Å². The molecular weight excluding hydrogens is 994 g/mol. The molecule has 3 amide bonds. The Labute approximate surface area is 422 Å². The van der Waals surface area contributed by atoms with Crippen molar-refractivity contribution in [2.24, 2.45) is 0 Å². The largest absolute Gasteiger partial charge is 0.494 e. The predicted octanol–water partition coefficient (Wildman–Crippen LogP) is 8.76. The summed E-state index contributed by atoms with van der Waals surface area (Å²) in [6, 6.07) is 14.9. The summed E-state index contributed by atoms with van der Waals surface area (Å²) in [6.07, 6.45) is 7.44. The van der Waals surface area contributed by atoms with Gasteiger partial charge in [-0.3, -0.25) is 29.6 Å². The molecule has 0 spiro atoms. The quantitative estimate of drug-likeness (QED) is 0.0715. The van der Waals surface area contributed by atoms with Gasteiger partial charge in [-0.1, -0.05) is 13.0 Å². The first-order chi connectivity index (χ1) is 34.1. The molecule has 6 heterocycles. The van der Waals surface area contributed by atoms with Crippen molar-refractivity contribution in [3.05, 3.63) is 87.7 Å². The standard InChI is InChI=1S/C52H62BrF2N10O5P/c1-6-32-23-43(59-52-56-29-38(53)51(61-52)58-42-13-12-41-37(11-10-31(2)57-41)50(42)71(4,5)69)45(70-3)28-44(32)62-18-14-34(15-19-62)64-22-21-63(48(68)30-64)20-16-35-9-7-8-17-65(35)36-26-39(54)49(40(55)27-36)33-24-46(66)60-47(67)25-33/h10-13,23,26-29,33-35H,6-9,14-22,24-25,30H2,1-5H3,(H,60,66,67)(H2,56,58,59,61). The molecule has 0 saturated carbocycles. The van der Waals surface area contributed by atoms with Crippen LogP contribution in [-0.2, 0) is 25.4 Å². The van der Waals surface area contributed by atoms with E-state index in [-0.39, 0.29) is 36.4 Å². The van der Waals surface area contributed by atoms with Crippen LogP contribution in [0.2, 0.25) is 0 Å². The van der Waals surface area contributed by atoms with Crippen LogP contribution in [0, 0.1) is 18.6 Å². The molecule has 4 fully saturated rings. The minimum absolute atomic E-state index is 0.0180.